The number of anilines is 1. The molecule has 2 aromatic rings. The Morgan fingerprint density at radius 2 is 2.17 bits per heavy atom. The molecule has 2 nitrogen and oxygen atoms in total. The first-order valence-electron chi connectivity index (χ1n) is 6.22. The second-order valence-corrected chi connectivity index (χ2v) is 5.87. The van der Waals surface area contributed by atoms with Gasteiger partial charge < -0.3 is 5.32 Å². The summed E-state index contributed by atoms with van der Waals surface area (Å²) in [7, 11) is 0. The molecule has 1 aliphatic carbocycles. The molecule has 1 amide bonds. The minimum atomic E-state index is 0.0139. The lowest BCUT2D eigenvalue weighted by Gasteiger charge is -2.04. The fourth-order valence-electron chi connectivity index (χ4n) is 2.36. The highest BCUT2D eigenvalue weighted by molar-refractivity contribution is 7.14. The van der Waals surface area contributed by atoms with Crippen LogP contribution in [0.5, 0.6) is 0 Å². The van der Waals surface area contributed by atoms with Crippen molar-refractivity contribution in [2.45, 2.75) is 26.2 Å². The predicted molar refractivity (Wildman–Crippen MR) is 75.5 cm³/mol. The zero-order valence-corrected chi connectivity index (χ0v) is 11.1. The van der Waals surface area contributed by atoms with Gasteiger partial charge in [-0.15, -0.1) is 11.3 Å². The van der Waals surface area contributed by atoms with Gasteiger partial charge in [0, 0.05) is 10.6 Å². The molecule has 0 unspecified atom stereocenters. The van der Waals surface area contributed by atoms with Crippen molar-refractivity contribution < 1.29 is 4.79 Å². The Balaban J connectivity index is 1.78. The van der Waals surface area contributed by atoms with Crippen molar-refractivity contribution in [3.8, 4) is 0 Å². The van der Waals surface area contributed by atoms with E-state index in [0.29, 0.717) is 0 Å². The summed E-state index contributed by atoms with van der Waals surface area (Å²) < 4.78 is 0. The first-order chi connectivity index (χ1) is 8.72. The first-order valence-corrected chi connectivity index (χ1v) is 7.03. The van der Waals surface area contributed by atoms with E-state index in [0.717, 1.165) is 29.0 Å². The smallest absolute Gasteiger partial charge is 0.265 e. The zero-order valence-electron chi connectivity index (χ0n) is 10.3. The Kier molecular flexibility index (Phi) is 2.92. The third kappa shape index (κ3) is 2.18. The molecule has 1 heterocycles. The van der Waals surface area contributed by atoms with Crippen molar-refractivity contribution in [1.82, 2.24) is 0 Å². The molecule has 0 saturated heterocycles. The molecule has 0 aliphatic heterocycles. The molecule has 0 radical (unpaired) electrons. The maximum absolute atomic E-state index is 12.1. The fraction of sp³-hybridized carbons (Fsp3) is 0.267. The van der Waals surface area contributed by atoms with Crippen LogP contribution in [-0.2, 0) is 12.8 Å². The van der Waals surface area contributed by atoms with E-state index in [2.05, 4.69) is 11.4 Å². The summed E-state index contributed by atoms with van der Waals surface area (Å²) in [5.74, 6) is 0.0139. The summed E-state index contributed by atoms with van der Waals surface area (Å²) >= 11 is 1.64. The average molecular weight is 257 g/mol. The van der Waals surface area contributed by atoms with Crippen molar-refractivity contribution >= 4 is 22.9 Å². The Bertz CT molecular complexity index is 579. The number of hydrogen-bond acceptors (Lipinski definition) is 2. The van der Waals surface area contributed by atoms with Crippen molar-refractivity contribution in [2.75, 3.05) is 5.32 Å². The summed E-state index contributed by atoms with van der Waals surface area (Å²) in [6.45, 7) is 2.02. The van der Waals surface area contributed by atoms with Gasteiger partial charge in [-0.25, -0.2) is 0 Å². The summed E-state index contributed by atoms with van der Waals surface area (Å²) in [5, 5.41) is 2.96. The molecular weight excluding hydrogens is 242 g/mol. The van der Waals surface area contributed by atoms with E-state index >= 15 is 0 Å². The lowest BCUT2D eigenvalue weighted by molar-refractivity contribution is 0.103. The number of fused-ring (bicyclic) bond motifs is 1. The maximum atomic E-state index is 12.1. The predicted octanol–water partition coefficient (Wildman–Crippen LogP) is 3.80. The lowest BCUT2D eigenvalue weighted by Crippen LogP contribution is -2.10. The van der Waals surface area contributed by atoms with Gasteiger partial charge in [-0.05, 0) is 55.5 Å². The van der Waals surface area contributed by atoms with Gasteiger partial charge in [-0.3, -0.25) is 4.79 Å². The van der Waals surface area contributed by atoms with E-state index in [1.165, 1.54) is 16.9 Å². The van der Waals surface area contributed by atoms with Crippen LogP contribution in [0, 0.1) is 6.92 Å². The van der Waals surface area contributed by atoms with Crippen LogP contribution in [0.3, 0.4) is 0 Å². The molecule has 0 bridgehead atoms. The maximum Gasteiger partial charge on any atom is 0.265 e. The van der Waals surface area contributed by atoms with Crippen LogP contribution >= 0.6 is 11.3 Å². The highest BCUT2D eigenvalue weighted by Gasteiger charge is 2.18. The first kappa shape index (κ1) is 11.5. The third-order valence-corrected chi connectivity index (χ3v) is 4.48. The molecule has 3 heteroatoms. The van der Waals surface area contributed by atoms with E-state index in [4.69, 9.17) is 0 Å². The molecule has 3 rings (SSSR count). The molecule has 0 atom stereocenters. The molecule has 1 N–H and O–H groups in total. The Labute approximate surface area is 111 Å². The van der Waals surface area contributed by atoms with Gasteiger partial charge in [-0.1, -0.05) is 12.1 Å². The van der Waals surface area contributed by atoms with Crippen molar-refractivity contribution in [3.63, 3.8) is 0 Å². The minimum absolute atomic E-state index is 0.0139. The number of aryl methyl sites for hydroxylation is 3. The number of amides is 1. The fourth-order valence-corrected chi connectivity index (χ4v) is 3.51. The van der Waals surface area contributed by atoms with Gasteiger partial charge in [0.15, 0.2) is 0 Å². The minimum Gasteiger partial charge on any atom is -0.321 e. The Morgan fingerprint density at radius 3 is 2.94 bits per heavy atom. The number of rotatable bonds is 2. The monoisotopic (exact) mass is 257 g/mol. The highest BCUT2D eigenvalue weighted by Crippen LogP contribution is 2.30. The van der Waals surface area contributed by atoms with Gasteiger partial charge in [0.25, 0.3) is 5.91 Å². The van der Waals surface area contributed by atoms with Crippen LogP contribution in [-0.4, -0.2) is 5.91 Å². The Hall–Kier alpha value is -1.61. The molecule has 1 aromatic carbocycles. The quantitative estimate of drug-likeness (QED) is 0.871. The molecular formula is C15H15NOS. The summed E-state index contributed by atoms with van der Waals surface area (Å²) in [5.41, 5.74) is 3.39. The lowest BCUT2D eigenvalue weighted by atomic mass is 10.2. The summed E-state index contributed by atoms with van der Waals surface area (Å²) in [6.07, 6.45) is 3.50. The number of thiophene rings is 1. The van der Waals surface area contributed by atoms with E-state index in [-0.39, 0.29) is 5.91 Å². The number of nitrogens with one attached hydrogen (secondary N) is 1. The van der Waals surface area contributed by atoms with E-state index in [1.54, 1.807) is 11.3 Å². The zero-order chi connectivity index (χ0) is 12.5. The second-order valence-electron chi connectivity index (χ2n) is 4.74. The van der Waals surface area contributed by atoms with Gasteiger partial charge >= 0.3 is 0 Å². The molecule has 0 fully saturated rings. The van der Waals surface area contributed by atoms with E-state index in [9.17, 15) is 4.79 Å². The number of hydrogen-bond donors (Lipinski definition) is 1. The average Bonchev–Trinajstić information content (AvgIpc) is 2.88. The molecule has 18 heavy (non-hydrogen) atoms. The Morgan fingerprint density at radius 1 is 1.28 bits per heavy atom. The second kappa shape index (κ2) is 4.58. The largest absolute Gasteiger partial charge is 0.321 e. The molecule has 1 aliphatic rings. The van der Waals surface area contributed by atoms with E-state index < -0.39 is 0 Å². The molecule has 1 aromatic heterocycles. The topological polar surface area (TPSA) is 29.1 Å². The van der Waals surface area contributed by atoms with Gasteiger partial charge in [0.2, 0.25) is 0 Å². The van der Waals surface area contributed by atoms with Crippen molar-refractivity contribution in [3.05, 3.63) is 51.2 Å². The summed E-state index contributed by atoms with van der Waals surface area (Å²) in [6, 6.07) is 9.94. The highest BCUT2D eigenvalue weighted by atomic mass is 32.1. The van der Waals surface area contributed by atoms with Crippen molar-refractivity contribution in [1.29, 1.82) is 0 Å². The van der Waals surface area contributed by atoms with Crippen molar-refractivity contribution in [2.24, 2.45) is 0 Å². The third-order valence-electron chi connectivity index (χ3n) is 3.25. The van der Waals surface area contributed by atoms with Crippen LogP contribution in [0.1, 0.15) is 32.1 Å². The van der Waals surface area contributed by atoms with Crippen LogP contribution in [0.15, 0.2) is 30.3 Å². The van der Waals surface area contributed by atoms with Crippen LogP contribution in [0.2, 0.25) is 0 Å². The van der Waals surface area contributed by atoms with Crippen LogP contribution in [0.25, 0.3) is 0 Å². The molecule has 0 spiro atoms. The normalized spacial score (nSPS) is 13.4. The number of carbonyl (C=O) groups is 1. The van der Waals surface area contributed by atoms with Gasteiger partial charge in [0.05, 0.1) is 4.88 Å². The summed E-state index contributed by atoms with van der Waals surface area (Å²) in [4.78, 5) is 14.4. The molecule has 0 saturated carbocycles. The van der Waals surface area contributed by atoms with Gasteiger partial charge in [0.1, 0.15) is 0 Å². The number of benzene rings is 1. The molecule has 92 valence electrons. The van der Waals surface area contributed by atoms with Gasteiger partial charge in [-0.2, -0.15) is 0 Å². The van der Waals surface area contributed by atoms with Crippen LogP contribution in [0.4, 0.5) is 5.69 Å². The standard InChI is InChI=1S/C15H15NOS/c1-10-4-2-6-12(8-10)16-15(17)14-9-11-5-3-7-13(11)18-14/h2,4,6,8-9H,3,5,7H2,1H3,(H,16,17). The van der Waals surface area contributed by atoms with Crippen LogP contribution < -0.4 is 5.32 Å². The van der Waals surface area contributed by atoms with E-state index in [1.807, 2.05) is 31.2 Å². The number of carbonyl (C=O) groups excluding carboxylic acids is 1. The SMILES string of the molecule is Cc1cccc(NC(=O)c2cc3c(s2)CCC3)c1.